The number of carbonyl (C=O) groups is 2. The van der Waals surface area contributed by atoms with Crippen molar-refractivity contribution in [2.75, 3.05) is 39.3 Å². The van der Waals surface area contributed by atoms with E-state index in [0.29, 0.717) is 12.2 Å². The first kappa shape index (κ1) is 18.9. The number of aliphatic imine (C=N–C) groups is 1. The summed E-state index contributed by atoms with van der Waals surface area (Å²) in [7, 11) is 0. The Bertz CT molecular complexity index is 362. The van der Waals surface area contributed by atoms with Crippen LogP contribution in [0.1, 0.15) is 13.8 Å². The minimum atomic E-state index is -1.26. The minimum Gasteiger partial charge on any atom is -0.478 e. The number of nitrogens with one attached hydrogen (secondary N) is 2. The molecule has 120 valence electrons. The predicted molar refractivity (Wildman–Crippen MR) is 80.5 cm³/mol. The molecule has 1 aliphatic heterocycles. The molecule has 0 bridgehead atoms. The van der Waals surface area contributed by atoms with Gasteiger partial charge in [-0.3, -0.25) is 4.99 Å². The molecule has 0 saturated carbocycles. The van der Waals surface area contributed by atoms with Crippen LogP contribution in [0.15, 0.2) is 17.1 Å². The second-order valence-electron chi connectivity index (χ2n) is 4.12. The lowest BCUT2D eigenvalue weighted by Crippen LogP contribution is -2.39. The topological polar surface area (TPSA) is 114 Å². The summed E-state index contributed by atoms with van der Waals surface area (Å²) < 4.78 is 0. The molecule has 0 aliphatic carbocycles. The number of nitrogens with zero attached hydrogens (tertiary/aromatic N) is 2. The molecule has 8 nitrogen and oxygen atoms in total. The SMILES string of the molecule is CCN(CC)CCNC1=NCCN1.O=C(O)/C=C\C(=O)O. The van der Waals surface area contributed by atoms with E-state index in [2.05, 4.69) is 34.4 Å². The van der Waals surface area contributed by atoms with Crippen molar-refractivity contribution in [2.45, 2.75) is 13.8 Å². The number of rotatable bonds is 7. The number of aliphatic carboxylic acids is 2. The van der Waals surface area contributed by atoms with Gasteiger partial charge in [0.25, 0.3) is 0 Å². The molecule has 0 aromatic rings. The minimum absolute atomic E-state index is 0.558. The maximum absolute atomic E-state index is 9.55. The quantitative estimate of drug-likeness (QED) is 0.472. The average Bonchev–Trinajstić information content (AvgIpc) is 2.95. The third kappa shape index (κ3) is 11.4. The maximum atomic E-state index is 9.55. The van der Waals surface area contributed by atoms with Gasteiger partial charge in [-0.05, 0) is 13.1 Å². The fourth-order valence-electron chi connectivity index (χ4n) is 1.53. The lowest BCUT2D eigenvalue weighted by molar-refractivity contribution is -0.134. The van der Waals surface area contributed by atoms with Gasteiger partial charge in [0, 0.05) is 31.8 Å². The van der Waals surface area contributed by atoms with Crippen LogP contribution in [0.25, 0.3) is 0 Å². The maximum Gasteiger partial charge on any atom is 0.328 e. The smallest absolute Gasteiger partial charge is 0.328 e. The summed E-state index contributed by atoms with van der Waals surface area (Å²) in [6.45, 7) is 10.6. The van der Waals surface area contributed by atoms with Crippen molar-refractivity contribution < 1.29 is 19.8 Å². The van der Waals surface area contributed by atoms with Crippen LogP contribution in [0, 0.1) is 0 Å². The van der Waals surface area contributed by atoms with Crippen molar-refractivity contribution in [3.63, 3.8) is 0 Å². The van der Waals surface area contributed by atoms with Gasteiger partial charge in [-0.15, -0.1) is 0 Å². The highest BCUT2D eigenvalue weighted by atomic mass is 16.4. The zero-order chi connectivity index (χ0) is 16.1. The van der Waals surface area contributed by atoms with Crippen LogP contribution in [0.3, 0.4) is 0 Å². The predicted octanol–water partition coefficient (Wildman–Crippen LogP) is -0.411. The second-order valence-corrected chi connectivity index (χ2v) is 4.12. The molecular formula is C13H24N4O4. The molecule has 0 amide bonds. The summed E-state index contributed by atoms with van der Waals surface area (Å²) in [6, 6.07) is 0. The van der Waals surface area contributed by atoms with Crippen molar-refractivity contribution in [2.24, 2.45) is 4.99 Å². The molecule has 0 aromatic heterocycles. The molecule has 8 heteroatoms. The summed E-state index contributed by atoms with van der Waals surface area (Å²) in [4.78, 5) is 25.8. The van der Waals surface area contributed by atoms with Crippen LogP contribution in [0.5, 0.6) is 0 Å². The first-order chi connectivity index (χ1) is 9.99. The van der Waals surface area contributed by atoms with Gasteiger partial charge >= 0.3 is 11.9 Å². The summed E-state index contributed by atoms with van der Waals surface area (Å²) in [5.74, 6) is -1.55. The number of carboxylic acids is 2. The Morgan fingerprint density at radius 2 is 1.86 bits per heavy atom. The van der Waals surface area contributed by atoms with E-state index in [9.17, 15) is 9.59 Å². The molecule has 1 heterocycles. The zero-order valence-electron chi connectivity index (χ0n) is 12.5. The van der Waals surface area contributed by atoms with Gasteiger partial charge in [0.15, 0.2) is 5.96 Å². The largest absolute Gasteiger partial charge is 0.478 e. The van der Waals surface area contributed by atoms with Crippen LogP contribution >= 0.6 is 0 Å². The average molecular weight is 300 g/mol. The molecular weight excluding hydrogens is 276 g/mol. The molecule has 0 atom stereocenters. The van der Waals surface area contributed by atoms with Gasteiger partial charge in [0.05, 0.1) is 6.54 Å². The van der Waals surface area contributed by atoms with E-state index >= 15 is 0 Å². The lowest BCUT2D eigenvalue weighted by Gasteiger charge is -2.18. The Kier molecular flexibility index (Phi) is 10.5. The van der Waals surface area contributed by atoms with Gasteiger partial charge in [0.2, 0.25) is 0 Å². The van der Waals surface area contributed by atoms with E-state index < -0.39 is 11.9 Å². The highest BCUT2D eigenvalue weighted by molar-refractivity contribution is 5.89. The molecule has 4 N–H and O–H groups in total. The summed E-state index contributed by atoms with van der Waals surface area (Å²) >= 11 is 0. The third-order valence-electron chi connectivity index (χ3n) is 2.66. The summed E-state index contributed by atoms with van der Waals surface area (Å²) in [5.41, 5.74) is 0. The Morgan fingerprint density at radius 1 is 1.29 bits per heavy atom. The van der Waals surface area contributed by atoms with Crippen LogP contribution in [0.2, 0.25) is 0 Å². The van der Waals surface area contributed by atoms with Crippen molar-refractivity contribution in [3.05, 3.63) is 12.2 Å². The molecule has 0 fully saturated rings. The fraction of sp³-hybridized carbons (Fsp3) is 0.615. The standard InChI is InChI=1S/C9H20N4.C4H4O4/c1-3-13(4-2)8-7-12-9-10-5-6-11-9;5-3(6)1-2-4(7)8/h3-8H2,1-2H3,(H2,10,11,12);1-2H,(H,5,6)(H,7,8)/b;2-1-. The van der Waals surface area contributed by atoms with Crippen molar-refractivity contribution in [3.8, 4) is 0 Å². The van der Waals surface area contributed by atoms with Crippen LogP contribution in [-0.2, 0) is 9.59 Å². The molecule has 0 unspecified atom stereocenters. The van der Waals surface area contributed by atoms with Crippen LogP contribution < -0.4 is 10.6 Å². The van der Waals surface area contributed by atoms with Crippen molar-refractivity contribution in [1.82, 2.24) is 15.5 Å². The number of likely N-dealkylation sites (N-methyl/N-ethyl adjacent to an activating group) is 1. The summed E-state index contributed by atoms with van der Waals surface area (Å²) in [5, 5.41) is 22.1. The molecule has 0 aromatic carbocycles. The zero-order valence-corrected chi connectivity index (χ0v) is 12.5. The first-order valence-corrected chi connectivity index (χ1v) is 6.88. The number of carboxylic acid groups (broad SMARTS) is 2. The number of guanidine groups is 1. The third-order valence-corrected chi connectivity index (χ3v) is 2.66. The molecule has 1 rings (SSSR count). The highest BCUT2D eigenvalue weighted by Gasteiger charge is 2.03. The van der Waals surface area contributed by atoms with E-state index in [4.69, 9.17) is 10.2 Å². The van der Waals surface area contributed by atoms with Crippen molar-refractivity contribution in [1.29, 1.82) is 0 Å². The molecule has 0 spiro atoms. The van der Waals surface area contributed by atoms with E-state index in [0.717, 1.165) is 45.2 Å². The molecule has 1 aliphatic rings. The van der Waals surface area contributed by atoms with Crippen molar-refractivity contribution >= 4 is 17.9 Å². The van der Waals surface area contributed by atoms with Gasteiger partial charge in [-0.2, -0.15) is 0 Å². The Hall–Kier alpha value is -2.09. The molecule has 21 heavy (non-hydrogen) atoms. The Labute approximate surface area is 124 Å². The van der Waals surface area contributed by atoms with Gasteiger partial charge < -0.3 is 25.7 Å². The van der Waals surface area contributed by atoms with Crippen LogP contribution in [-0.4, -0.2) is 72.3 Å². The van der Waals surface area contributed by atoms with Gasteiger partial charge in [-0.1, -0.05) is 13.8 Å². The van der Waals surface area contributed by atoms with E-state index in [-0.39, 0.29) is 0 Å². The van der Waals surface area contributed by atoms with E-state index in [1.807, 2.05) is 0 Å². The fourth-order valence-corrected chi connectivity index (χ4v) is 1.53. The Morgan fingerprint density at radius 3 is 2.24 bits per heavy atom. The Balaban J connectivity index is 0.000000433. The molecule has 0 saturated heterocycles. The lowest BCUT2D eigenvalue weighted by atomic mass is 10.4. The number of hydrogen-bond acceptors (Lipinski definition) is 6. The van der Waals surface area contributed by atoms with E-state index in [1.165, 1.54) is 0 Å². The second kappa shape index (κ2) is 11.7. The monoisotopic (exact) mass is 300 g/mol. The number of hydrogen-bond donors (Lipinski definition) is 4. The summed E-state index contributed by atoms with van der Waals surface area (Å²) in [6.07, 6.45) is 1.12. The molecule has 0 radical (unpaired) electrons. The van der Waals surface area contributed by atoms with E-state index in [1.54, 1.807) is 0 Å². The van der Waals surface area contributed by atoms with Gasteiger partial charge in [0.1, 0.15) is 0 Å². The van der Waals surface area contributed by atoms with Crippen LogP contribution in [0.4, 0.5) is 0 Å². The van der Waals surface area contributed by atoms with Gasteiger partial charge in [-0.25, -0.2) is 9.59 Å². The normalized spacial score (nSPS) is 13.4. The first-order valence-electron chi connectivity index (χ1n) is 6.88. The highest BCUT2D eigenvalue weighted by Crippen LogP contribution is 1.85.